The highest BCUT2D eigenvalue weighted by atomic mass is 32.2. The lowest BCUT2D eigenvalue weighted by molar-refractivity contribution is 0.473. The Bertz CT molecular complexity index is 1440. The van der Waals surface area contributed by atoms with Crippen LogP contribution in [-0.2, 0) is 9.84 Å². The minimum absolute atomic E-state index is 0.0607. The Hall–Kier alpha value is -3.97. The number of benzene rings is 4. The first-order valence-corrected chi connectivity index (χ1v) is 13.5. The van der Waals surface area contributed by atoms with Crippen LogP contribution in [-0.4, -0.2) is 28.8 Å². The summed E-state index contributed by atoms with van der Waals surface area (Å²) in [7, 11) is -4.12. The van der Waals surface area contributed by atoms with Crippen molar-refractivity contribution in [2.75, 3.05) is 0 Å². The van der Waals surface area contributed by atoms with E-state index in [1.54, 1.807) is 24.3 Å². The highest BCUT2D eigenvalue weighted by Crippen LogP contribution is 2.46. The van der Waals surface area contributed by atoms with Crippen molar-refractivity contribution < 1.29 is 28.8 Å². The van der Waals surface area contributed by atoms with Gasteiger partial charge in [-0.3, -0.25) is 0 Å². The predicted octanol–water partition coefficient (Wildman–Crippen LogP) is 6.92. The number of phenolic OH excluding ortho intramolecular Hbond substituents is 4. The van der Waals surface area contributed by atoms with Crippen LogP contribution in [0.25, 0.3) is 22.3 Å². The first kappa shape index (κ1) is 26.1. The van der Waals surface area contributed by atoms with Crippen molar-refractivity contribution in [2.45, 2.75) is 49.3 Å². The van der Waals surface area contributed by atoms with Crippen molar-refractivity contribution in [1.82, 2.24) is 0 Å². The molecule has 0 unspecified atom stereocenters. The van der Waals surface area contributed by atoms with Crippen LogP contribution in [0.2, 0.25) is 0 Å². The molecule has 4 N–H and O–H groups in total. The highest BCUT2D eigenvalue weighted by molar-refractivity contribution is 7.91. The molecule has 0 aliphatic rings. The third-order valence-electron chi connectivity index (χ3n) is 6.41. The van der Waals surface area contributed by atoms with Crippen molar-refractivity contribution in [3.05, 3.63) is 83.9 Å². The molecule has 192 valence electrons. The molecule has 0 atom stereocenters. The Morgan fingerprint density at radius 2 is 0.838 bits per heavy atom. The van der Waals surface area contributed by atoms with Gasteiger partial charge in [0.05, 0.1) is 9.79 Å². The summed E-state index contributed by atoms with van der Waals surface area (Å²) < 4.78 is 28.7. The van der Waals surface area contributed by atoms with Crippen molar-refractivity contribution in [3.63, 3.8) is 0 Å². The van der Waals surface area contributed by atoms with Gasteiger partial charge in [0, 0.05) is 11.1 Å². The summed E-state index contributed by atoms with van der Waals surface area (Å²) in [6.07, 6.45) is 0. The van der Waals surface area contributed by atoms with Crippen LogP contribution in [0.1, 0.15) is 50.7 Å². The maximum absolute atomic E-state index is 14.3. The monoisotopic (exact) mass is 518 g/mol. The smallest absolute Gasteiger partial charge is 0.207 e. The molecule has 0 radical (unpaired) electrons. The molecule has 4 rings (SSSR count). The predicted molar refractivity (Wildman–Crippen MR) is 144 cm³/mol. The maximum Gasteiger partial charge on any atom is 0.207 e. The minimum atomic E-state index is -4.12. The number of sulfone groups is 1. The zero-order chi connectivity index (χ0) is 27.1. The van der Waals surface area contributed by atoms with Crippen molar-refractivity contribution in [3.8, 4) is 45.3 Å². The van der Waals surface area contributed by atoms with Gasteiger partial charge in [-0.25, -0.2) is 8.42 Å². The SMILES string of the molecule is CC(C)c1c(S(=O)(=O)c2ccc(O)c(-c3ccc(O)cc3)c2C(C)C)ccc(O)c1-c1ccc(O)cc1. The summed E-state index contributed by atoms with van der Waals surface area (Å²) >= 11 is 0. The fraction of sp³-hybridized carbons (Fsp3) is 0.200. The van der Waals surface area contributed by atoms with E-state index in [4.69, 9.17) is 0 Å². The molecule has 0 saturated carbocycles. The number of phenols is 4. The number of hydrogen-bond acceptors (Lipinski definition) is 6. The molecule has 0 aliphatic carbocycles. The first-order chi connectivity index (χ1) is 17.4. The van der Waals surface area contributed by atoms with Gasteiger partial charge in [-0.1, -0.05) is 52.0 Å². The van der Waals surface area contributed by atoms with Crippen molar-refractivity contribution >= 4 is 9.84 Å². The number of rotatable bonds is 6. The van der Waals surface area contributed by atoms with E-state index in [-0.39, 0.29) is 44.6 Å². The number of hydrogen-bond donors (Lipinski definition) is 4. The average Bonchev–Trinajstić information content (AvgIpc) is 2.84. The second kappa shape index (κ2) is 9.82. The number of aromatic hydroxyl groups is 4. The van der Waals surface area contributed by atoms with Gasteiger partial charge < -0.3 is 20.4 Å². The van der Waals surface area contributed by atoms with Gasteiger partial charge in [0.25, 0.3) is 0 Å². The molecule has 0 saturated heterocycles. The molecule has 0 spiro atoms. The van der Waals surface area contributed by atoms with E-state index < -0.39 is 9.84 Å². The molecule has 0 bridgehead atoms. The van der Waals surface area contributed by atoms with Crippen LogP contribution in [0, 0.1) is 0 Å². The van der Waals surface area contributed by atoms with Gasteiger partial charge in [0.1, 0.15) is 23.0 Å². The molecule has 0 aromatic heterocycles. The van der Waals surface area contributed by atoms with Crippen LogP contribution >= 0.6 is 0 Å². The Morgan fingerprint density at radius 1 is 0.514 bits per heavy atom. The van der Waals surface area contributed by atoms with Gasteiger partial charge in [0.15, 0.2) is 0 Å². The standard InChI is InChI=1S/C30H30O6S/c1-17(2)27-25(15-13-23(33)29(27)19-5-9-21(31)10-6-19)37(35,36)26-16-14-24(34)30(28(26)18(3)4)20-7-11-22(32)12-8-20/h5-18,31-34H,1-4H3. The molecule has 0 aliphatic heterocycles. The summed E-state index contributed by atoms with van der Waals surface area (Å²) in [4.78, 5) is 0.125. The molecule has 0 amide bonds. The van der Waals surface area contributed by atoms with Gasteiger partial charge in [0.2, 0.25) is 9.84 Å². The Kier molecular flexibility index (Phi) is 6.93. The molecule has 0 fully saturated rings. The van der Waals surface area contributed by atoms with Crippen LogP contribution in [0.4, 0.5) is 0 Å². The first-order valence-electron chi connectivity index (χ1n) is 12.0. The van der Waals surface area contributed by atoms with E-state index in [9.17, 15) is 28.8 Å². The molecular weight excluding hydrogens is 488 g/mol. The summed E-state index contributed by atoms with van der Waals surface area (Å²) in [6.45, 7) is 7.44. The quantitative estimate of drug-likeness (QED) is 0.220. The highest BCUT2D eigenvalue weighted by Gasteiger charge is 2.31. The summed E-state index contributed by atoms with van der Waals surface area (Å²) in [6, 6.07) is 18.1. The third-order valence-corrected chi connectivity index (χ3v) is 8.28. The fourth-order valence-corrected chi connectivity index (χ4v) is 6.76. The molecule has 6 nitrogen and oxygen atoms in total. The topological polar surface area (TPSA) is 115 Å². The maximum atomic E-state index is 14.3. The molecular formula is C30H30O6S. The summed E-state index contributed by atoms with van der Waals surface area (Å²) in [5.41, 5.74) is 2.85. The van der Waals surface area contributed by atoms with Crippen molar-refractivity contribution in [2.24, 2.45) is 0 Å². The van der Waals surface area contributed by atoms with Gasteiger partial charge in [-0.2, -0.15) is 0 Å². The van der Waals surface area contributed by atoms with E-state index in [0.29, 0.717) is 33.4 Å². The zero-order valence-electron chi connectivity index (χ0n) is 21.1. The van der Waals surface area contributed by atoms with Gasteiger partial charge in [-0.05, 0) is 82.6 Å². The molecule has 7 heteroatoms. The lowest BCUT2D eigenvalue weighted by atomic mass is 9.91. The van der Waals surface area contributed by atoms with Crippen molar-refractivity contribution in [1.29, 1.82) is 0 Å². The van der Waals surface area contributed by atoms with Crippen LogP contribution in [0.3, 0.4) is 0 Å². The van der Waals surface area contributed by atoms with Crippen LogP contribution in [0.5, 0.6) is 23.0 Å². The minimum Gasteiger partial charge on any atom is -0.508 e. The molecule has 37 heavy (non-hydrogen) atoms. The van der Waals surface area contributed by atoms with E-state index in [1.165, 1.54) is 48.5 Å². The van der Waals surface area contributed by atoms with E-state index >= 15 is 0 Å². The lowest BCUT2D eigenvalue weighted by Gasteiger charge is -2.23. The van der Waals surface area contributed by atoms with E-state index in [1.807, 2.05) is 27.7 Å². The van der Waals surface area contributed by atoms with Gasteiger partial charge in [-0.15, -0.1) is 0 Å². The average molecular weight is 519 g/mol. The molecule has 4 aromatic carbocycles. The summed E-state index contributed by atoms with van der Waals surface area (Å²) in [5.74, 6) is -0.536. The normalized spacial score (nSPS) is 11.8. The molecule has 4 aromatic rings. The lowest BCUT2D eigenvalue weighted by Crippen LogP contribution is -2.12. The van der Waals surface area contributed by atoms with Crippen LogP contribution in [0.15, 0.2) is 82.6 Å². The van der Waals surface area contributed by atoms with Gasteiger partial charge >= 0.3 is 0 Å². The summed E-state index contributed by atoms with van der Waals surface area (Å²) in [5, 5.41) is 41.1. The molecule has 0 heterocycles. The van der Waals surface area contributed by atoms with E-state index in [2.05, 4.69) is 0 Å². The Balaban J connectivity index is 2.04. The Labute approximate surface area is 217 Å². The second-order valence-corrected chi connectivity index (χ2v) is 11.5. The fourth-order valence-electron chi connectivity index (χ4n) is 4.77. The Morgan fingerprint density at radius 3 is 1.14 bits per heavy atom. The zero-order valence-corrected chi connectivity index (χ0v) is 21.9. The van der Waals surface area contributed by atoms with Crippen LogP contribution < -0.4 is 0 Å². The largest absolute Gasteiger partial charge is 0.508 e. The second-order valence-electron chi connectivity index (χ2n) is 9.65. The third kappa shape index (κ3) is 4.74. The van der Waals surface area contributed by atoms with E-state index in [0.717, 1.165) is 0 Å².